The number of rotatable bonds is 2. The maximum atomic E-state index is 12.2. The van der Waals surface area contributed by atoms with E-state index in [1.807, 2.05) is 24.3 Å². The topological polar surface area (TPSA) is 58.2 Å². The largest absolute Gasteiger partial charge is 0.281 e. The maximum Gasteiger partial charge on any atom is 0.281 e. The fourth-order valence-electron chi connectivity index (χ4n) is 2.00. The molecule has 0 bridgehead atoms. The van der Waals surface area contributed by atoms with Crippen LogP contribution < -0.4 is 10.9 Å². The van der Waals surface area contributed by atoms with Gasteiger partial charge < -0.3 is 0 Å². The van der Waals surface area contributed by atoms with Crippen LogP contribution in [0.3, 0.4) is 0 Å². The molecule has 0 unspecified atom stereocenters. The summed E-state index contributed by atoms with van der Waals surface area (Å²) in [7, 11) is 0. The summed E-state index contributed by atoms with van der Waals surface area (Å²) in [5.74, 6) is -0.843. The van der Waals surface area contributed by atoms with E-state index in [0.717, 1.165) is 14.6 Å². The lowest BCUT2D eigenvalue weighted by Gasteiger charge is -2.06. The highest BCUT2D eigenvalue weighted by Gasteiger charge is 2.17. The van der Waals surface area contributed by atoms with Crippen LogP contribution in [0.15, 0.2) is 53.0 Å². The van der Waals surface area contributed by atoms with Crippen molar-refractivity contribution in [1.29, 1.82) is 0 Å². The Balaban J connectivity index is 1.72. The van der Waals surface area contributed by atoms with E-state index in [1.165, 1.54) is 11.3 Å². The second-order valence-electron chi connectivity index (χ2n) is 4.66. The molecule has 1 aromatic heterocycles. The predicted octanol–water partition coefficient (Wildman–Crippen LogP) is 4.39. The molecule has 1 heterocycles. The zero-order valence-electron chi connectivity index (χ0n) is 11.6. The van der Waals surface area contributed by atoms with E-state index in [2.05, 4.69) is 26.8 Å². The summed E-state index contributed by atoms with van der Waals surface area (Å²) >= 11 is 10.8. The number of nitrogens with one attached hydrogen (secondary N) is 2. The molecule has 116 valence electrons. The van der Waals surface area contributed by atoms with Gasteiger partial charge in [0, 0.05) is 20.1 Å². The number of benzene rings is 2. The molecule has 23 heavy (non-hydrogen) atoms. The van der Waals surface area contributed by atoms with Crippen LogP contribution in [0, 0.1) is 0 Å². The van der Waals surface area contributed by atoms with Crippen molar-refractivity contribution in [2.75, 3.05) is 0 Å². The van der Waals surface area contributed by atoms with Crippen molar-refractivity contribution >= 4 is 60.8 Å². The first-order chi connectivity index (χ1) is 11.1. The van der Waals surface area contributed by atoms with Gasteiger partial charge in [-0.25, -0.2) is 0 Å². The maximum absolute atomic E-state index is 12.2. The van der Waals surface area contributed by atoms with E-state index in [1.54, 1.807) is 24.3 Å². The van der Waals surface area contributed by atoms with Gasteiger partial charge in [0.1, 0.15) is 4.88 Å². The lowest BCUT2D eigenvalue weighted by Crippen LogP contribution is -2.41. The van der Waals surface area contributed by atoms with Crippen molar-refractivity contribution in [3.05, 3.63) is 68.5 Å². The van der Waals surface area contributed by atoms with Crippen LogP contribution in [0.2, 0.25) is 5.02 Å². The number of fused-ring (bicyclic) bond motifs is 1. The van der Waals surface area contributed by atoms with Gasteiger partial charge in [0.25, 0.3) is 11.8 Å². The smallest absolute Gasteiger partial charge is 0.267 e. The van der Waals surface area contributed by atoms with Gasteiger partial charge in [-0.2, -0.15) is 0 Å². The molecule has 0 atom stereocenters. The highest BCUT2D eigenvalue weighted by atomic mass is 79.9. The summed E-state index contributed by atoms with van der Waals surface area (Å²) in [6.07, 6.45) is 0. The summed E-state index contributed by atoms with van der Waals surface area (Å²) in [6.45, 7) is 0. The summed E-state index contributed by atoms with van der Waals surface area (Å²) in [5, 5.41) is 1.21. The number of carbonyl (C=O) groups excluding carboxylic acids is 2. The summed E-state index contributed by atoms with van der Waals surface area (Å²) in [5.41, 5.74) is 5.21. The minimum absolute atomic E-state index is 0.365. The molecule has 2 aromatic carbocycles. The zero-order chi connectivity index (χ0) is 16.4. The SMILES string of the molecule is O=C(NNC(=O)c1sc2ccccc2c1Cl)c1ccc(Br)cc1. The molecule has 0 aliphatic rings. The minimum atomic E-state index is -0.443. The van der Waals surface area contributed by atoms with Crippen LogP contribution in [0.5, 0.6) is 0 Å². The second kappa shape index (κ2) is 6.70. The van der Waals surface area contributed by atoms with Gasteiger partial charge >= 0.3 is 0 Å². The van der Waals surface area contributed by atoms with E-state index in [9.17, 15) is 9.59 Å². The predicted molar refractivity (Wildman–Crippen MR) is 95.9 cm³/mol. The Morgan fingerprint density at radius 1 is 0.957 bits per heavy atom. The summed E-state index contributed by atoms with van der Waals surface area (Å²) in [4.78, 5) is 24.6. The second-order valence-corrected chi connectivity index (χ2v) is 7.00. The van der Waals surface area contributed by atoms with Crippen LogP contribution in [0.25, 0.3) is 10.1 Å². The number of thiophene rings is 1. The fraction of sp³-hybridized carbons (Fsp3) is 0. The molecule has 3 aromatic rings. The van der Waals surface area contributed by atoms with Crippen molar-refractivity contribution in [3.63, 3.8) is 0 Å². The first-order valence-corrected chi connectivity index (χ1v) is 8.58. The Bertz CT molecular complexity index is 893. The molecule has 0 aliphatic heterocycles. The molecular weight excluding hydrogens is 400 g/mol. The number of carbonyl (C=O) groups is 2. The normalized spacial score (nSPS) is 10.5. The Morgan fingerprint density at radius 2 is 1.61 bits per heavy atom. The molecule has 2 amide bonds. The van der Waals surface area contributed by atoms with Gasteiger partial charge in [-0.3, -0.25) is 20.4 Å². The van der Waals surface area contributed by atoms with E-state index < -0.39 is 11.8 Å². The third-order valence-corrected chi connectivity index (χ3v) is 5.34. The Hall–Kier alpha value is -1.89. The van der Waals surface area contributed by atoms with Gasteiger partial charge in [-0.15, -0.1) is 11.3 Å². The third-order valence-electron chi connectivity index (χ3n) is 3.14. The minimum Gasteiger partial charge on any atom is -0.267 e. The molecule has 2 N–H and O–H groups in total. The zero-order valence-corrected chi connectivity index (χ0v) is 14.8. The average Bonchev–Trinajstić information content (AvgIpc) is 2.90. The first-order valence-electron chi connectivity index (χ1n) is 6.59. The monoisotopic (exact) mass is 408 g/mol. The molecule has 0 spiro atoms. The van der Waals surface area contributed by atoms with E-state index >= 15 is 0 Å². The van der Waals surface area contributed by atoms with Crippen LogP contribution in [0.1, 0.15) is 20.0 Å². The van der Waals surface area contributed by atoms with Crippen LogP contribution >= 0.6 is 38.9 Å². The van der Waals surface area contributed by atoms with Gasteiger partial charge in [-0.05, 0) is 30.3 Å². The molecule has 3 rings (SSSR count). The van der Waals surface area contributed by atoms with Crippen molar-refractivity contribution in [2.24, 2.45) is 0 Å². The van der Waals surface area contributed by atoms with Crippen molar-refractivity contribution in [1.82, 2.24) is 10.9 Å². The summed E-state index contributed by atoms with van der Waals surface area (Å²) < 4.78 is 1.79. The Morgan fingerprint density at radius 3 is 2.30 bits per heavy atom. The Kier molecular flexibility index (Phi) is 4.66. The van der Waals surface area contributed by atoms with Crippen LogP contribution in [0.4, 0.5) is 0 Å². The number of hydrogen-bond acceptors (Lipinski definition) is 3. The first kappa shape index (κ1) is 16.0. The van der Waals surface area contributed by atoms with E-state index in [4.69, 9.17) is 11.6 Å². The van der Waals surface area contributed by atoms with E-state index in [-0.39, 0.29) is 0 Å². The van der Waals surface area contributed by atoms with Crippen LogP contribution in [-0.4, -0.2) is 11.8 Å². The molecule has 0 saturated carbocycles. The number of hydrazine groups is 1. The average molecular weight is 410 g/mol. The van der Waals surface area contributed by atoms with Gasteiger partial charge in [0.2, 0.25) is 0 Å². The number of hydrogen-bond donors (Lipinski definition) is 2. The lowest BCUT2D eigenvalue weighted by atomic mass is 10.2. The van der Waals surface area contributed by atoms with Gasteiger partial charge in [0.05, 0.1) is 5.02 Å². The van der Waals surface area contributed by atoms with Crippen molar-refractivity contribution < 1.29 is 9.59 Å². The van der Waals surface area contributed by atoms with Crippen LogP contribution in [-0.2, 0) is 0 Å². The van der Waals surface area contributed by atoms with Crippen molar-refractivity contribution in [3.8, 4) is 0 Å². The molecule has 4 nitrogen and oxygen atoms in total. The van der Waals surface area contributed by atoms with Gasteiger partial charge in [0.15, 0.2) is 0 Å². The molecular formula is C16H10BrClN2O2S. The molecule has 7 heteroatoms. The third kappa shape index (κ3) is 3.39. The molecule has 0 aliphatic carbocycles. The van der Waals surface area contributed by atoms with Gasteiger partial charge in [-0.1, -0.05) is 45.7 Å². The van der Waals surface area contributed by atoms with E-state index in [0.29, 0.717) is 15.5 Å². The molecule has 0 radical (unpaired) electrons. The molecule has 0 saturated heterocycles. The lowest BCUT2D eigenvalue weighted by molar-refractivity contribution is 0.0849. The fourth-order valence-corrected chi connectivity index (χ4v) is 3.68. The standard InChI is InChI=1S/C16H10BrClN2O2S/c17-10-7-5-9(6-8-10)15(21)19-20-16(22)14-13(18)11-3-1-2-4-12(11)23-14/h1-8H,(H,19,21)(H,20,22). The quantitative estimate of drug-likeness (QED) is 0.617. The molecule has 0 fully saturated rings. The Labute approximate surface area is 149 Å². The number of amides is 2. The number of halogens is 2. The van der Waals surface area contributed by atoms with Crippen molar-refractivity contribution in [2.45, 2.75) is 0 Å². The highest BCUT2D eigenvalue weighted by Crippen LogP contribution is 2.34. The highest BCUT2D eigenvalue weighted by molar-refractivity contribution is 9.10. The summed E-state index contributed by atoms with van der Waals surface area (Å²) in [6, 6.07) is 14.3.